The molecule has 1 saturated carbocycles. The Morgan fingerprint density at radius 1 is 0.942 bits per heavy atom. The van der Waals surface area contributed by atoms with E-state index >= 15 is 0 Å². The van der Waals surface area contributed by atoms with Crippen LogP contribution in [0.5, 0.6) is 11.6 Å². The molecule has 4 saturated heterocycles. The minimum Gasteiger partial charge on any atom is -0.507 e. The van der Waals surface area contributed by atoms with Gasteiger partial charge in [-0.3, -0.25) is 0 Å². The Morgan fingerprint density at radius 2 is 1.65 bits per heavy atom. The number of benzene rings is 2. The number of hydrogen-bond acceptors (Lipinski definition) is 9. The van der Waals surface area contributed by atoms with E-state index in [4.69, 9.17) is 15.2 Å². The molecular formula is C42H56N6O4. The number of ether oxygens (including phenoxy) is 2. The van der Waals surface area contributed by atoms with E-state index < -0.39 is 5.60 Å². The molecular weight excluding hydrogens is 652 g/mol. The van der Waals surface area contributed by atoms with Crippen LogP contribution in [0.4, 0.5) is 21.9 Å². The fourth-order valence-electron chi connectivity index (χ4n) is 9.62. The minimum atomic E-state index is -0.442. The first kappa shape index (κ1) is 34.9. The van der Waals surface area contributed by atoms with Gasteiger partial charge in [0.15, 0.2) is 0 Å². The predicted molar refractivity (Wildman–Crippen MR) is 206 cm³/mol. The number of anilines is 3. The van der Waals surface area contributed by atoms with Crippen LogP contribution >= 0.6 is 0 Å². The van der Waals surface area contributed by atoms with Crippen molar-refractivity contribution in [1.82, 2.24) is 14.8 Å². The lowest BCUT2D eigenvalue weighted by Crippen LogP contribution is -2.54. The van der Waals surface area contributed by atoms with Crippen molar-refractivity contribution in [3.63, 3.8) is 0 Å². The fourth-order valence-corrected chi connectivity index (χ4v) is 9.62. The molecule has 278 valence electrons. The summed E-state index contributed by atoms with van der Waals surface area (Å²) >= 11 is 0. The second-order valence-electron chi connectivity index (χ2n) is 17.2. The van der Waals surface area contributed by atoms with E-state index in [9.17, 15) is 9.90 Å². The third-order valence-corrected chi connectivity index (χ3v) is 12.4. The van der Waals surface area contributed by atoms with Crippen molar-refractivity contribution in [2.45, 2.75) is 95.9 Å². The number of para-hydroxylation sites is 1. The Bertz CT molecular complexity index is 1720. The maximum absolute atomic E-state index is 12.5. The van der Waals surface area contributed by atoms with Crippen LogP contribution in [-0.4, -0.2) is 95.6 Å². The number of phenolic OH excluding ortho intramolecular Hbond substituents is 1. The Balaban J connectivity index is 0.814. The van der Waals surface area contributed by atoms with Crippen molar-refractivity contribution in [3.8, 4) is 22.8 Å². The Labute approximate surface area is 308 Å². The number of amides is 1. The van der Waals surface area contributed by atoms with Crippen LogP contribution in [0.1, 0.15) is 72.1 Å². The molecule has 10 heteroatoms. The van der Waals surface area contributed by atoms with Gasteiger partial charge in [-0.25, -0.2) is 9.78 Å². The predicted octanol–water partition coefficient (Wildman–Crippen LogP) is 7.16. The lowest BCUT2D eigenvalue weighted by atomic mass is 9.61. The van der Waals surface area contributed by atoms with Gasteiger partial charge in [0.1, 0.15) is 17.5 Å². The maximum Gasteiger partial charge on any atom is 0.410 e. The highest BCUT2D eigenvalue weighted by Crippen LogP contribution is 2.50. The van der Waals surface area contributed by atoms with Gasteiger partial charge in [0.25, 0.3) is 0 Å². The number of nitrogen functional groups attached to an aromatic ring is 1. The lowest BCUT2D eigenvalue weighted by Gasteiger charge is -2.52. The van der Waals surface area contributed by atoms with Crippen molar-refractivity contribution in [2.75, 3.05) is 61.3 Å². The third kappa shape index (κ3) is 7.36. The van der Waals surface area contributed by atoms with E-state index in [1.807, 2.05) is 62.2 Å². The van der Waals surface area contributed by atoms with Crippen LogP contribution in [0.2, 0.25) is 0 Å². The molecule has 2 unspecified atom stereocenters. The van der Waals surface area contributed by atoms with Crippen LogP contribution in [-0.2, 0) is 4.74 Å². The third-order valence-electron chi connectivity index (χ3n) is 12.4. The molecule has 3 N–H and O–H groups in total. The zero-order valence-corrected chi connectivity index (χ0v) is 31.2. The van der Waals surface area contributed by atoms with Gasteiger partial charge in [-0.2, -0.15) is 0 Å². The molecule has 10 nitrogen and oxygen atoms in total. The summed E-state index contributed by atoms with van der Waals surface area (Å²) in [5.74, 6) is 1.68. The molecule has 52 heavy (non-hydrogen) atoms. The number of aromatic nitrogens is 1. The molecule has 4 aliphatic heterocycles. The Morgan fingerprint density at radius 3 is 2.35 bits per heavy atom. The largest absolute Gasteiger partial charge is 0.507 e. The zero-order chi connectivity index (χ0) is 36.0. The van der Waals surface area contributed by atoms with Crippen molar-refractivity contribution < 1.29 is 19.4 Å². The molecule has 1 spiro atoms. The number of piperidine rings is 2. The number of nitrogens with zero attached hydrogens (tertiary/aromatic N) is 5. The van der Waals surface area contributed by atoms with Crippen molar-refractivity contribution in [1.29, 1.82) is 0 Å². The molecule has 1 amide bonds. The Hall–Kier alpha value is -4.18. The minimum absolute atomic E-state index is 0.170. The number of aromatic hydroxyl groups is 1. The van der Waals surface area contributed by atoms with E-state index in [1.165, 1.54) is 18.5 Å². The Kier molecular flexibility index (Phi) is 9.39. The van der Waals surface area contributed by atoms with Gasteiger partial charge in [0.2, 0.25) is 5.88 Å². The van der Waals surface area contributed by atoms with Crippen LogP contribution in [0.3, 0.4) is 0 Å². The zero-order valence-electron chi connectivity index (χ0n) is 31.2. The van der Waals surface area contributed by atoms with Crippen molar-refractivity contribution in [3.05, 3.63) is 60.8 Å². The van der Waals surface area contributed by atoms with E-state index in [0.29, 0.717) is 23.4 Å². The SMILES string of the molecule is CC(C)(C)OC(=O)N1CCC(CN2CCC3(CC2)CC(Oc2cc(N4C5CCC4CN(c4cc(-c6ccccc6O)ccc4N)C5)ccn2)C3)CC1. The smallest absolute Gasteiger partial charge is 0.410 e. The topological polar surface area (TPSA) is 108 Å². The van der Waals surface area contributed by atoms with Gasteiger partial charge >= 0.3 is 6.09 Å². The molecule has 5 heterocycles. The van der Waals surface area contributed by atoms with E-state index in [0.717, 1.165) is 113 Å². The first-order chi connectivity index (χ1) is 25.0. The molecule has 1 aliphatic carbocycles. The summed E-state index contributed by atoms with van der Waals surface area (Å²) < 4.78 is 12.1. The summed E-state index contributed by atoms with van der Waals surface area (Å²) in [5.41, 5.74) is 11.3. The number of likely N-dealkylation sites (tertiary alicyclic amines) is 2. The highest BCUT2D eigenvalue weighted by Gasteiger charge is 2.47. The van der Waals surface area contributed by atoms with E-state index in [2.05, 4.69) is 37.9 Å². The number of carbonyl (C=O) groups excluding carboxylic acids is 1. The van der Waals surface area contributed by atoms with Gasteiger partial charge in [-0.15, -0.1) is 0 Å². The van der Waals surface area contributed by atoms with E-state index in [-0.39, 0.29) is 17.9 Å². The van der Waals surface area contributed by atoms with Crippen LogP contribution in [0.15, 0.2) is 60.8 Å². The molecule has 5 fully saturated rings. The number of fused-ring (bicyclic) bond motifs is 2. The van der Waals surface area contributed by atoms with Crippen LogP contribution in [0.25, 0.3) is 11.1 Å². The number of rotatable bonds is 7. The normalized spacial score (nSPS) is 23.9. The van der Waals surface area contributed by atoms with E-state index in [1.54, 1.807) is 6.07 Å². The number of piperazine rings is 1. The van der Waals surface area contributed by atoms with Gasteiger partial charge in [-0.05, 0) is 126 Å². The fraction of sp³-hybridized carbons (Fsp3) is 0.571. The molecule has 8 rings (SSSR count). The molecule has 2 atom stereocenters. The van der Waals surface area contributed by atoms with Gasteiger partial charge in [0, 0.05) is 68.3 Å². The molecule has 1 aromatic heterocycles. The average molecular weight is 709 g/mol. The monoisotopic (exact) mass is 708 g/mol. The molecule has 2 bridgehead atoms. The summed E-state index contributed by atoms with van der Waals surface area (Å²) in [6.07, 6.45) is 11.1. The summed E-state index contributed by atoms with van der Waals surface area (Å²) in [6.45, 7) is 12.6. The average Bonchev–Trinajstić information content (AvgIpc) is 3.37. The number of pyridine rings is 1. The highest BCUT2D eigenvalue weighted by atomic mass is 16.6. The van der Waals surface area contributed by atoms with Crippen LogP contribution < -0.4 is 20.3 Å². The second-order valence-corrected chi connectivity index (χ2v) is 17.2. The quantitative estimate of drug-likeness (QED) is 0.247. The summed E-state index contributed by atoms with van der Waals surface area (Å²) in [7, 11) is 0. The van der Waals surface area contributed by atoms with Gasteiger partial charge in [0.05, 0.1) is 11.4 Å². The molecule has 3 aromatic rings. The van der Waals surface area contributed by atoms with Crippen molar-refractivity contribution >= 4 is 23.2 Å². The molecule has 2 aromatic carbocycles. The summed E-state index contributed by atoms with van der Waals surface area (Å²) in [4.78, 5) is 26.7. The number of carbonyl (C=O) groups is 1. The van der Waals surface area contributed by atoms with Crippen LogP contribution in [0, 0.1) is 11.3 Å². The number of nitrogens with two attached hydrogens (primary N) is 1. The first-order valence-corrected chi connectivity index (χ1v) is 19.6. The summed E-state index contributed by atoms with van der Waals surface area (Å²) in [6, 6.07) is 18.6. The standard InChI is InChI=1S/C42H56N6O4/c1-41(2,3)52-40(50)46-18-13-29(14-19-46)26-45-20-15-42(16-21-45)24-34(25-42)51-39-23-31(12-17-44-39)48-32-9-10-33(48)28-47(27-32)37-22-30(8-11-36(37)43)35-6-4-5-7-38(35)49/h4-8,11-12,17,22-23,29,32-34,49H,9-10,13-16,18-21,24-28,43H2,1-3H3. The molecule has 5 aliphatic rings. The van der Waals surface area contributed by atoms with Crippen molar-refractivity contribution in [2.24, 2.45) is 11.3 Å². The number of hydrogen-bond donors (Lipinski definition) is 2. The van der Waals surface area contributed by atoms with Gasteiger partial charge < -0.3 is 39.9 Å². The molecule has 0 radical (unpaired) electrons. The van der Waals surface area contributed by atoms with Gasteiger partial charge in [-0.1, -0.05) is 24.3 Å². The second kappa shape index (κ2) is 14.0. The first-order valence-electron chi connectivity index (χ1n) is 19.6. The number of phenols is 1. The lowest BCUT2D eigenvalue weighted by molar-refractivity contribution is -0.0596. The maximum atomic E-state index is 12.5. The summed E-state index contributed by atoms with van der Waals surface area (Å²) in [5, 5.41) is 10.5. The highest BCUT2D eigenvalue weighted by molar-refractivity contribution is 5.80.